The van der Waals surface area contributed by atoms with E-state index in [-0.39, 0.29) is 60.5 Å². The molecule has 12 nitrogen and oxygen atoms in total. The van der Waals surface area contributed by atoms with Gasteiger partial charge in [-0.15, -0.1) is 0 Å². The van der Waals surface area contributed by atoms with E-state index in [1.807, 2.05) is 20.8 Å². The molecule has 1 aromatic rings. The van der Waals surface area contributed by atoms with Crippen molar-refractivity contribution in [2.75, 3.05) is 32.9 Å². The Morgan fingerprint density at radius 3 is 2.24 bits per heavy atom. The predicted octanol–water partition coefficient (Wildman–Crippen LogP) is 3.68. The van der Waals surface area contributed by atoms with Crippen LogP contribution in [-0.2, 0) is 41.3 Å². The fraction of sp³-hybridized carbons (Fsp3) is 0.727. The molecule has 7 rings (SSSR count). The summed E-state index contributed by atoms with van der Waals surface area (Å²) in [6.07, 6.45) is 1.69. The van der Waals surface area contributed by atoms with E-state index >= 15 is 0 Å². The lowest BCUT2D eigenvalue weighted by molar-refractivity contribution is -0.140. The van der Waals surface area contributed by atoms with E-state index < -0.39 is 12.1 Å². The fourth-order valence-electron chi connectivity index (χ4n) is 7.25. The van der Waals surface area contributed by atoms with Crippen LogP contribution in [0.3, 0.4) is 0 Å². The average Bonchev–Trinajstić information content (AvgIpc) is 3.16. The van der Waals surface area contributed by atoms with Crippen LogP contribution < -0.4 is 5.46 Å². The molecule has 2 bridgehead atoms. The number of nitrogens with zero attached hydrogens (tertiary/aromatic N) is 3. The monoisotopic (exact) mass is 641 g/mol. The van der Waals surface area contributed by atoms with E-state index in [4.69, 9.17) is 23.9 Å². The maximum Gasteiger partial charge on any atom is 0.513 e. The van der Waals surface area contributed by atoms with Gasteiger partial charge in [0.25, 0.3) is 0 Å². The molecule has 4 unspecified atom stereocenters. The highest BCUT2D eigenvalue weighted by molar-refractivity contribution is 6.62. The zero-order valence-electron chi connectivity index (χ0n) is 28.2. The molecule has 6 heterocycles. The molecule has 0 saturated carbocycles. The van der Waals surface area contributed by atoms with Gasteiger partial charge < -0.3 is 38.4 Å². The van der Waals surface area contributed by atoms with E-state index in [0.29, 0.717) is 19.8 Å². The van der Waals surface area contributed by atoms with Crippen molar-refractivity contribution in [2.24, 2.45) is 5.41 Å². The van der Waals surface area contributed by atoms with Crippen molar-refractivity contribution in [3.63, 3.8) is 0 Å². The Bertz CT molecular complexity index is 1340. The van der Waals surface area contributed by atoms with Gasteiger partial charge in [-0.25, -0.2) is 9.59 Å². The molecule has 0 spiro atoms. The van der Waals surface area contributed by atoms with Gasteiger partial charge in [0.15, 0.2) is 0 Å². The highest BCUT2D eigenvalue weighted by atomic mass is 16.7. The lowest BCUT2D eigenvalue weighted by Gasteiger charge is -2.40. The van der Waals surface area contributed by atoms with Gasteiger partial charge in [0.2, 0.25) is 0 Å². The first kappa shape index (κ1) is 33.2. The minimum atomic E-state index is -1.54. The molecular formula is C33H48BN3O9. The molecule has 6 aliphatic rings. The van der Waals surface area contributed by atoms with Gasteiger partial charge in [-0.05, 0) is 74.5 Å². The first-order valence-corrected chi connectivity index (χ1v) is 16.5. The Balaban J connectivity index is 0.000000292. The normalized spacial score (nSPS) is 30.2. The molecule has 252 valence electrons. The summed E-state index contributed by atoms with van der Waals surface area (Å²) >= 11 is 0. The van der Waals surface area contributed by atoms with Crippen molar-refractivity contribution in [3.05, 3.63) is 28.8 Å². The zero-order chi connectivity index (χ0) is 33.2. The van der Waals surface area contributed by atoms with Crippen LogP contribution in [0.2, 0.25) is 0 Å². The predicted molar refractivity (Wildman–Crippen MR) is 169 cm³/mol. The summed E-state index contributed by atoms with van der Waals surface area (Å²) in [5.74, 6) is -0.704. The molecule has 5 fully saturated rings. The molecule has 0 aliphatic carbocycles. The van der Waals surface area contributed by atoms with Gasteiger partial charge in [0.05, 0.1) is 55.6 Å². The van der Waals surface area contributed by atoms with Crippen molar-refractivity contribution in [1.29, 1.82) is 0 Å². The molecule has 0 radical (unpaired) electrons. The lowest BCUT2D eigenvalue weighted by Crippen LogP contribution is -2.55. The third-order valence-corrected chi connectivity index (χ3v) is 10.4. The number of urea groups is 1. The second-order valence-corrected chi connectivity index (χ2v) is 15.5. The number of carbonyl (C=O) groups is 3. The number of carbonyl (C=O) groups excluding carboxylic acids is 2. The lowest BCUT2D eigenvalue weighted by atomic mass is 9.75. The van der Waals surface area contributed by atoms with Gasteiger partial charge in [-0.2, -0.15) is 0 Å². The van der Waals surface area contributed by atoms with Crippen LogP contribution in [0.5, 0.6) is 0 Å². The molecule has 5 atom stereocenters. The van der Waals surface area contributed by atoms with Crippen molar-refractivity contribution in [1.82, 2.24) is 14.7 Å². The van der Waals surface area contributed by atoms with Gasteiger partial charge in [0.1, 0.15) is 6.23 Å². The van der Waals surface area contributed by atoms with Crippen molar-refractivity contribution in [3.8, 4) is 0 Å². The third-order valence-electron chi connectivity index (χ3n) is 10.4. The van der Waals surface area contributed by atoms with Crippen LogP contribution in [0.25, 0.3) is 0 Å². The minimum absolute atomic E-state index is 0.110. The Morgan fingerprint density at radius 2 is 1.67 bits per heavy atom. The Hall–Kier alpha value is -2.71. The number of rotatable bonds is 3. The summed E-state index contributed by atoms with van der Waals surface area (Å²) in [7, 11) is -0.387. The first-order valence-electron chi connectivity index (χ1n) is 16.5. The molecule has 2 amide bonds. The van der Waals surface area contributed by atoms with Crippen molar-refractivity contribution in [2.45, 2.75) is 116 Å². The molecule has 1 aromatic carbocycles. The number of amides is 2. The van der Waals surface area contributed by atoms with Gasteiger partial charge in [-0.1, -0.05) is 32.9 Å². The quantitative estimate of drug-likeness (QED) is 0.226. The van der Waals surface area contributed by atoms with Crippen LogP contribution in [0.4, 0.5) is 9.59 Å². The van der Waals surface area contributed by atoms with Crippen LogP contribution in [0.15, 0.2) is 12.1 Å². The van der Waals surface area contributed by atoms with Crippen molar-refractivity contribution < 1.29 is 43.0 Å². The van der Waals surface area contributed by atoms with E-state index in [9.17, 15) is 14.4 Å². The Kier molecular flexibility index (Phi) is 8.71. The second-order valence-electron chi connectivity index (χ2n) is 15.5. The number of ether oxygens (including phenoxy) is 3. The maximum atomic E-state index is 13.7. The molecule has 0 aromatic heterocycles. The number of morpholine rings is 2. The second kappa shape index (κ2) is 12.1. The number of benzene rings is 1. The van der Waals surface area contributed by atoms with E-state index in [1.54, 1.807) is 0 Å². The number of hydrogen-bond donors (Lipinski definition) is 1. The van der Waals surface area contributed by atoms with Crippen LogP contribution in [0, 0.1) is 5.41 Å². The summed E-state index contributed by atoms with van der Waals surface area (Å²) in [4.78, 5) is 40.8. The summed E-state index contributed by atoms with van der Waals surface area (Å²) in [6, 6.07) is 5.43. The van der Waals surface area contributed by atoms with Crippen LogP contribution in [-0.4, -0.2) is 108 Å². The molecule has 6 aliphatic heterocycles. The van der Waals surface area contributed by atoms with E-state index in [0.717, 1.165) is 44.4 Å². The SMILES string of the molecule is CC(C)(C)CC(=O)OC(=O)O.CC1(C)OB(c2cc3c(c([C@@H]4C5OCCN54)c2)CN(C(=O)N2C4CCC2COC4)CC3)OC1(C)C. The molecule has 46 heavy (non-hydrogen) atoms. The summed E-state index contributed by atoms with van der Waals surface area (Å²) in [6.45, 7) is 18.4. The summed E-state index contributed by atoms with van der Waals surface area (Å²) in [5, 5.41) is 8.04. The Labute approximate surface area is 271 Å². The standard InChI is InChI=1S/C26H36BN3O5.C7H12O4/c1-25(2)26(3,4)35-27(34-25)17-11-16-7-8-28(24(31)30-18-5-6-19(30)15-32-14-18)13-21(16)20(12-17)22-23-29(22)9-10-33-23;1-7(2,3)4-5(8)11-6(9)10/h11-12,18-19,22-23H,5-10,13-15H2,1-4H3;4H2,1-3H3,(H,9,10)/t18?,19?,22-,23?,29?;/m1./s1. The van der Waals surface area contributed by atoms with Crippen LogP contribution in [0.1, 0.15) is 90.5 Å². The maximum absolute atomic E-state index is 13.7. The first-order chi connectivity index (χ1) is 21.5. The summed E-state index contributed by atoms with van der Waals surface area (Å²) in [5.41, 5.74) is 3.97. The smallest absolute Gasteiger partial charge is 0.449 e. The molecular weight excluding hydrogens is 593 g/mol. The highest BCUT2D eigenvalue weighted by Crippen LogP contribution is 2.49. The summed E-state index contributed by atoms with van der Waals surface area (Å²) < 4.78 is 28.4. The largest absolute Gasteiger partial charge is 0.513 e. The van der Waals surface area contributed by atoms with Gasteiger partial charge in [-0.3, -0.25) is 9.69 Å². The molecule has 1 N–H and O–H groups in total. The van der Waals surface area contributed by atoms with Crippen LogP contribution >= 0.6 is 0 Å². The third kappa shape index (κ3) is 6.53. The minimum Gasteiger partial charge on any atom is -0.449 e. The number of hydrogen-bond acceptors (Lipinski definition) is 9. The van der Waals surface area contributed by atoms with Crippen molar-refractivity contribution >= 4 is 30.7 Å². The number of esters is 1. The van der Waals surface area contributed by atoms with E-state index in [2.05, 4.69) is 59.3 Å². The number of fused-ring (bicyclic) bond motifs is 4. The fourth-order valence-corrected chi connectivity index (χ4v) is 7.25. The number of carboxylic acid groups (broad SMARTS) is 1. The van der Waals surface area contributed by atoms with E-state index in [1.165, 1.54) is 16.7 Å². The molecule has 5 saturated heterocycles. The highest BCUT2D eigenvalue weighted by Gasteiger charge is 2.56. The molecule has 13 heteroatoms. The topological polar surface area (TPSA) is 127 Å². The average molecular weight is 642 g/mol. The Morgan fingerprint density at radius 1 is 1.02 bits per heavy atom. The van der Waals surface area contributed by atoms with Gasteiger partial charge in [0, 0.05) is 19.6 Å². The zero-order valence-corrected chi connectivity index (χ0v) is 28.2. The van der Waals surface area contributed by atoms with Gasteiger partial charge >= 0.3 is 25.3 Å².